The fourth-order valence-corrected chi connectivity index (χ4v) is 5.50. The van der Waals surface area contributed by atoms with Crippen molar-refractivity contribution >= 4 is 28.3 Å². The molecule has 222 valence electrons. The maximum absolute atomic E-state index is 13.5. The number of anilines is 1. The summed E-state index contributed by atoms with van der Waals surface area (Å²) in [6.07, 6.45) is 5.50. The smallest absolute Gasteiger partial charge is 0.340 e. The van der Waals surface area contributed by atoms with Crippen molar-refractivity contribution in [2.75, 3.05) is 5.32 Å². The summed E-state index contributed by atoms with van der Waals surface area (Å²) in [5.74, 6) is 0.0343. The number of pyridine rings is 2. The van der Waals surface area contributed by atoms with Crippen molar-refractivity contribution in [3.63, 3.8) is 0 Å². The van der Waals surface area contributed by atoms with Crippen molar-refractivity contribution in [1.29, 1.82) is 0 Å². The maximum atomic E-state index is 13.5. The summed E-state index contributed by atoms with van der Waals surface area (Å²) in [7, 11) is 0. The third-order valence-electron chi connectivity index (χ3n) is 7.41. The van der Waals surface area contributed by atoms with Gasteiger partial charge in [-0.3, -0.25) is 14.2 Å². The average Bonchev–Trinajstić information content (AvgIpc) is 3.31. The number of rotatable bonds is 6. The Kier molecular flexibility index (Phi) is 7.29. The molecule has 8 heteroatoms. The minimum Gasteiger partial charge on any atom is -0.456 e. The molecule has 0 saturated carbocycles. The number of hydrogen-bond donors (Lipinski definition) is 1. The summed E-state index contributed by atoms with van der Waals surface area (Å²) in [4.78, 5) is 35.5. The number of aryl methyl sites for hydroxylation is 2. The van der Waals surface area contributed by atoms with Crippen LogP contribution in [0.2, 0.25) is 0 Å². The highest BCUT2D eigenvalue weighted by molar-refractivity contribution is 5.96. The third kappa shape index (κ3) is 5.58. The van der Waals surface area contributed by atoms with Crippen LogP contribution in [0.5, 0.6) is 0 Å². The van der Waals surface area contributed by atoms with Crippen LogP contribution in [0.15, 0.2) is 94.5 Å². The number of nitrogens with one attached hydrogen (secondary N) is 1. The van der Waals surface area contributed by atoms with Gasteiger partial charge in [-0.05, 0) is 89.6 Å². The molecule has 0 saturated heterocycles. The highest BCUT2D eigenvalue weighted by Gasteiger charge is 2.22. The number of ether oxygens (including phenoxy) is 1. The molecule has 0 bridgehead atoms. The second-order valence-electron chi connectivity index (χ2n) is 12.1. The highest BCUT2D eigenvalue weighted by atomic mass is 16.6. The van der Waals surface area contributed by atoms with Crippen LogP contribution < -0.4 is 10.7 Å². The highest BCUT2D eigenvalue weighted by Crippen LogP contribution is 2.33. The zero-order chi connectivity index (χ0) is 31.2. The number of hydrogen-bond acceptors (Lipinski definition) is 7. The maximum Gasteiger partial charge on any atom is 0.340 e. The normalized spacial score (nSPS) is 12.4. The van der Waals surface area contributed by atoms with Gasteiger partial charge in [0.2, 0.25) is 0 Å². The molecule has 0 aliphatic carbocycles. The van der Waals surface area contributed by atoms with Gasteiger partial charge in [0.25, 0.3) is 0 Å². The Bertz CT molecular complexity index is 2090. The molecule has 1 unspecified atom stereocenters. The van der Waals surface area contributed by atoms with Gasteiger partial charge in [-0.25, -0.2) is 9.78 Å². The first-order chi connectivity index (χ1) is 21.0. The van der Waals surface area contributed by atoms with Gasteiger partial charge in [-0.1, -0.05) is 18.2 Å². The summed E-state index contributed by atoms with van der Waals surface area (Å²) in [5, 5.41) is 3.95. The molecule has 6 rings (SSSR count). The monoisotopic (exact) mass is 586 g/mol. The molecule has 0 radical (unpaired) electrons. The second-order valence-corrected chi connectivity index (χ2v) is 12.1. The summed E-state index contributed by atoms with van der Waals surface area (Å²) >= 11 is 0. The number of benzene rings is 2. The SMILES string of the molecule is Cc1cc(C(C)Nc2ccccc2C(=O)OC(C)(C)C)c2oc(-c3ccn4c(-c5cccnc5)c(C)nc4c3)cc(=O)c2c1. The van der Waals surface area contributed by atoms with Gasteiger partial charge >= 0.3 is 5.97 Å². The van der Waals surface area contributed by atoms with Gasteiger partial charge in [0.05, 0.1) is 28.4 Å². The quantitative estimate of drug-likeness (QED) is 0.198. The summed E-state index contributed by atoms with van der Waals surface area (Å²) in [6.45, 7) is 11.4. The van der Waals surface area contributed by atoms with Crippen molar-refractivity contribution in [3.05, 3.63) is 118 Å². The minimum atomic E-state index is -0.624. The predicted octanol–water partition coefficient (Wildman–Crippen LogP) is 7.91. The molecular formula is C36H34N4O4. The molecule has 8 nitrogen and oxygen atoms in total. The van der Waals surface area contributed by atoms with Crippen LogP contribution in [-0.2, 0) is 4.74 Å². The molecule has 0 aliphatic rings. The number of aromatic nitrogens is 3. The first-order valence-electron chi connectivity index (χ1n) is 14.6. The largest absolute Gasteiger partial charge is 0.456 e. The summed E-state index contributed by atoms with van der Waals surface area (Å²) in [5.41, 5.74) is 6.80. The van der Waals surface area contributed by atoms with Crippen LogP contribution in [0.3, 0.4) is 0 Å². The Morgan fingerprint density at radius 1 is 1.00 bits per heavy atom. The van der Waals surface area contributed by atoms with E-state index in [1.54, 1.807) is 18.3 Å². The summed E-state index contributed by atoms with van der Waals surface area (Å²) in [6, 6.07) is 20.1. The van der Waals surface area contributed by atoms with Crippen LogP contribution in [0.25, 0.3) is 39.2 Å². The van der Waals surface area contributed by atoms with Crippen LogP contribution >= 0.6 is 0 Å². The van der Waals surface area contributed by atoms with Crippen LogP contribution in [-0.4, -0.2) is 25.9 Å². The summed E-state index contributed by atoms with van der Waals surface area (Å²) < 4.78 is 14.2. The van der Waals surface area contributed by atoms with Crippen LogP contribution in [0, 0.1) is 13.8 Å². The predicted molar refractivity (Wildman–Crippen MR) is 173 cm³/mol. The molecular weight excluding hydrogens is 552 g/mol. The lowest BCUT2D eigenvalue weighted by Crippen LogP contribution is -2.24. The fraction of sp³-hybridized carbons (Fsp3) is 0.222. The Labute approximate surface area is 255 Å². The molecule has 4 aromatic heterocycles. The van der Waals surface area contributed by atoms with E-state index in [9.17, 15) is 9.59 Å². The van der Waals surface area contributed by atoms with E-state index in [0.29, 0.717) is 28.0 Å². The molecule has 44 heavy (non-hydrogen) atoms. The van der Waals surface area contributed by atoms with Gasteiger partial charge in [-0.15, -0.1) is 0 Å². The van der Waals surface area contributed by atoms with Gasteiger partial charge in [0, 0.05) is 47.0 Å². The molecule has 4 heterocycles. The van der Waals surface area contributed by atoms with E-state index in [1.165, 1.54) is 6.07 Å². The Balaban J connectivity index is 1.41. The van der Waals surface area contributed by atoms with E-state index in [-0.39, 0.29) is 11.5 Å². The van der Waals surface area contributed by atoms with Gasteiger partial charge in [0.1, 0.15) is 22.6 Å². The van der Waals surface area contributed by atoms with E-state index in [1.807, 2.05) is 107 Å². The van der Waals surface area contributed by atoms with E-state index >= 15 is 0 Å². The topological polar surface area (TPSA) is 98.7 Å². The number of carbonyl (C=O) groups is 1. The van der Waals surface area contributed by atoms with Gasteiger partial charge < -0.3 is 14.5 Å². The number of esters is 1. The van der Waals surface area contributed by atoms with E-state index in [0.717, 1.165) is 39.3 Å². The second kappa shape index (κ2) is 11.1. The minimum absolute atomic E-state index is 0.136. The molecule has 0 fully saturated rings. The van der Waals surface area contributed by atoms with E-state index < -0.39 is 11.6 Å². The van der Waals surface area contributed by atoms with Crippen molar-refractivity contribution in [2.24, 2.45) is 0 Å². The lowest BCUT2D eigenvalue weighted by molar-refractivity contribution is 0.00706. The fourth-order valence-electron chi connectivity index (χ4n) is 5.50. The first-order valence-corrected chi connectivity index (χ1v) is 14.6. The first kappa shape index (κ1) is 28.9. The Morgan fingerprint density at radius 3 is 2.55 bits per heavy atom. The molecule has 1 atom stereocenters. The molecule has 2 aromatic carbocycles. The Hall–Kier alpha value is -5.24. The number of carbonyl (C=O) groups excluding carboxylic acids is 1. The van der Waals surface area contributed by atoms with Crippen molar-refractivity contribution in [2.45, 2.75) is 53.2 Å². The van der Waals surface area contributed by atoms with E-state index in [2.05, 4.69) is 10.3 Å². The van der Waals surface area contributed by atoms with Crippen molar-refractivity contribution in [1.82, 2.24) is 14.4 Å². The van der Waals surface area contributed by atoms with E-state index in [4.69, 9.17) is 14.1 Å². The zero-order valence-corrected chi connectivity index (χ0v) is 25.6. The van der Waals surface area contributed by atoms with Crippen molar-refractivity contribution in [3.8, 4) is 22.6 Å². The van der Waals surface area contributed by atoms with Gasteiger partial charge in [-0.2, -0.15) is 0 Å². The number of nitrogens with zero attached hydrogens (tertiary/aromatic N) is 3. The molecule has 0 aliphatic heterocycles. The average molecular weight is 587 g/mol. The van der Waals surface area contributed by atoms with Crippen LogP contribution in [0.1, 0.15) is 60.9 Å². The molecule has 6 aromatic rings. The van der Waals surface area contributed by atoms with Crippen molar-refractivity contribution < 1.29 is 13.9 Å². The molecule has 0 spiro atoms. The standard InChI is InChI=1S/C36H34N4O4/c1-21-16-27(22(2)38-29-12-8-7-11-26(29)35(42)44-36(4,5)6)34-28(17-21)30(41)19-31(43-34)24-13-15-40-32(18-24)39-23(3)33(40)25-10-9-14-37-20-25/h7-20,22,38H,1-6H3. The Morgan fingerprint density at radius 2 is 1.80 bits per heavy atom. The lowest BCUT2D eigenvalue weighted by atomic mass is 10.00. The number of imidazole rings is 1. The zero-order valence-electron chi connectivity index (χ0n) is 25.6. The third-order valence-corrected chi connectivity index (χ3v) is 7.41. The molecule has 0 amide bonds. The number of fused-ring (bicyclic) bond motifs is 2. The van der Waals surface area contributed by atoms with Gasteiger partial charge in [0.15, 0.2) is 5.43 Å². The lowest BCUT2D eigenvalue weighted by Gasteiger charge is -2.22. The molecule has 1 N–H and O–H groups in total. The number of para-hydroxylation sites is 1. The van der Waals surface area contributed by atoms with Crippen LogP contribution in [0.4, 0.5) is 5.69 Å².